The molecule has 1 heterocycles. The van der Waals surface area contributed by atoms with Crippen LogP contribution in [0, 0.1) is 24.1 Å². The van der Waals surface area contributed by atoms with E-state index in [2.05, 4.69) is 21.9 Å². The van der Waals surface area contributed by atoms with E-state index in [1.54, 1.807) is 6.07 Å². The van der Waals surface area contributed by atoms with Crippen LogP contribution in [0.2, 0.25) is 0 Å². The molecule has 1 aliphatic carbocycles. The minimum absolute atomic E-state index is 0.132. The zero-order valence-electron chi connectivity index (χ0n) is 23.6. The van der Waals surface area contributed by atoms with Gasteiger partial charge in [-0.25, -0.2) is 4.39 Å². The second-order valence-corrected chi connectivity index (χ2v) is 11.0. The molecular formula is C32H40FN3O5. The smallest absolute Gasteiger partial charge is 0.225 e. The first kappa shape index (κ1) is 30.5. The van der Waals surface area contributed by atoms with E-state index in [0.717, 1.165) is 24.0 Å². The van der Waals surface area contributed by atoms with Gasteiger partial charge in [-0.1, -0.05) is 18.1 Å². The lowest BCUT2D eigenvalue weighted by atomic mass is 9.97. The number of hydrogen-bond acceptors (Lipinski definition) is 6. The average molecular weight is 566 g/mol. The van der Waals surface area contributed by atoms with Gasteiger partial charge in [0.2, 0.25) is 11.8 Å². The molecule has 1 aliphatic heterocycles. The van der Waals surface area contributed by atoms with Gasteiger partial charge in [-0.15, -0.1) is 6.42 Å². The van der Waals surface area contributed by atoms with Crippen molar-refractivity contribution in [1.29, 1.82) is 0 Å². The molecule has 2 aliphatic rings. The van der Waals surface area contributed by atoms with Gasteiger partial charge in [0.15, 0.2) is 0 Å². The minimum Gasteiger partial charge on any atom is -0.493 e. The monoisotopic (exact) mass is 565 g/mol. The van der Waals surface area contributed by atoms with E-state index in [4.69, 9.17) is 15.9 Å². The van der Waals surface area contributed by atoms with Gasteiger partial charge in [-0.3, -0.25) is 9.59 Å². The average Bonchev–Trinajstić information content (AvgIpc) is 3.76. The number of rotatable bonds is 7. The molecule has 220 valence electrons. The van der Waals surface area contributed by atoms with E-state index in [1.807, 2.05) is 24.3 Å². The highest BCUT2D eigenvalue weighted by Crippen LogP contribution is 2.45. The van der Waals surface area contributed by atoms with Crippen LogP contribution in [-0.2, 0) is 26.3 Å². The van der Waals surface area contributed by atoms with Crippen molar-refractivity contribution in [3.05, 3.63) is 65.0 Å². The van der Waals surface area contributed by atoms with Crippen LogP contribution in [0.5, 0.6) is 5.75 Å². The molecular weight excluding hydrogens is 525 g/mol. The number of benzene rings is 2. The molecule has 0 radical (unpaired) electrons. The number of fused-ring (bicyclic) bond motifs is 2. The Morgan fingerprint density at radius 2 is 2.07 bits per heavy atom. The molecule has 2 aromatic rings. The number of amides is 2. The highest BCUT2D eigenvalue weighted by molar-refractivity contribution is 5.81. The highest BCUT2D eigenvalue weighted by atomic mass is 19.1. The standard InChI is InChI=1S/C32H40FN3O5/c1-3-22-7-6-8-25(15-22)32(11-12-32)35-20-29(37)28-18-23-16-26(33)19-27(17-23)41-14-5-4-13-34-30(38)10-9-24(21-40-2)31(39)36-28/h1,6-8,15-17,19,24,28-29,35,37H,4-5,9-14,18,20-21H2,2H3,(H,34,38)(H,36,39)/t24?,28-,29+/m0/s1. The molecule has 9 heteroatoms. The number of carbonyl (C=O) groups excluding carboxylic acids is 2. The van der Waals surface area contributed by atoms with Crippen molar-refractivity contribution in [2.24, 2.45) is 5.92 Å². The molecule has 8 nitrogen and oxygen atoms in total. The molecule has 1 unspecified atom stereocenters. The number of terminal acetylenes is 1. The van der Waals surface area contributed by atoms with E-state index in [1.165, 1.54) is 19.2 Å². The quantitative estimate of drug-likeness (QED) is 0.385. The number of methoxy groups -OCH3 is 1. The fraction of sp³-hybridized carbons (Fsp3) is 0.500. The lowest BCUT2D eigenvalue weighted by Crippen LogP contribution is -2.52. The SMILES string of the molecule is C#Cc1cccc(C2(NC[C@@H](O)[C@@H]3Cc4cc(F)cc(c4)OCCCCNC(=O)CCC(COC)C(=O)N3)CC2)c1. The number of nitrogens with one attached hydrogen (secondary N) is 3. The summed E-state index contributed by atoms with van der Waals surface area (Å²) >= 11 is 0. The third kappa shape index (κ3) is 8.77. The zero-order valence-corrected chi connectivity index (χ0v) is 23.6. The summed E-state index contributed by atoms with van der Waals surface area (Å²) in [4.78, 5) is 25.7. The molecule has 1 saturated carbocycles. The summed E-state index contributed by atoms with van der Waals surface area (Å²) in [5.74, 6) is 1.54. The summed E-state index contributed by atoms with van der Waals surface area (Å²) in [6.45, 7) is 1.20. The van der Waals surface area contributed by atoms with Crippen LogP contribution in [0.1, 0.15) is 55.2 Å². The van der Waals surface area contributed by atoms with Gasteiger partial charge in [0.05, 0.1) is 31.3 Å². The Bertz CT molecular complexity index is 1240. The van der Waals surface area contributed by atoms with Crippen LogP contribution in [0.15, 0.2) is 42.5 Å². The van der Waals surface area contributed by atoms with Crippen LogP contribution in [0.4, 0.5) is 4.39 Å². The van der Waals surface area contributed by atoms with Crippen LogP contribution >= 0.6 is 0 Å². The van der Waals surface area contributed by atoms with Crippen LogP contribution in [0.25, 0.3) is 0 Å². The molecule has 4 rings (SSSR count). The molecule has 0 spiro atoms. The predicted molar refractivity (Wildman–Crippen MR) is 154 cm³/mol. The van der Waals surface area contributed by atoms with E-state index < -0.39 is 23.9 Å². The van der Waals surface area contributed by atoms with Gasteiger partial charge >= 0.3 is 0 Å². The summed E-state index contributed by atoms with van der Waals surface area (Å²) in [6.07, 6.45) is 8.46. The maximum Gasteiger partial charge on any atom is 0.225 e. The molecule has 2 amide bonds. The molecule has 2 aromatic carbocycles. The summed E-state index contributed by atoms with van der Waals surface area (Å²) in [5, 5.41) is 20.7. The lowest BCUT2D eigenvalue weighted by molar-refractivity contribution is -0.129. The Morgan fingerprint density at radius 1 is 1.24 bits per heavy atom. The summed E-state index contributed by atoms with van der Waals surface area (Å²) < 4.78 is 25.6. The number of halogens is 1. The van der Waals surface area contributed by atoms with Crippen molar-refractivity contribution in [3.63, 3.8) is 0 Å². The van der Waals surface area contributed by atoms with Gasteiger partial charge in [-0.05, 0) is 73.9 Å². The van der Waals surface area contributed by atoms with Crippen LogP contribution in [0.3, 0.4) is 0 Å². The van der Waals surface area contributed by atoms with Crippen molar-refractivity contribution in [3.8, 4) is 18.1 Å². The highest BCUT2D eigenvalue weighted by Gasteiger charge is 2.44. The maximum absolute atomic E-state index is 14.5. The molecule has 1 fully saturated rings. The molecule has 0 saturated heterocycles. The van der Waals surface area contributed by atoms with E-state index in [-0.39, 0.29) is 43.3 Å². The second-order valence-electron chi connectivity index (χ2n) is 11.0. The number of hydrogen-bond donors (Lipinski definition) is 4. The van der Waals surface area contributed by atoms with Gasteiger partial charge < -0.3 is 30.5 Å². The Balaban J connectivity index is 1.54. The fourth-order valence-electron chi connectivity index (χ4n) is 5.23. The van der Waals surface area contributed by atoms with Gasteiger partial charge in [0.1, 0.15) is 11.6 Å². The normalized spacial score (nSPS) is 22.3. The van der Waals surface area contributed by atoms with Crippen molar-refractivity contribution >= 4 is 11.8 Å². The predicted octanol–water partition coefficient (Wildman–Crippen LogP) is 2.81. The number of ether oxygens (including phenoxy) is 2. The Morgan fingerprint density at radius 3 is 2.83 bits per heavy atom. The molecule has 3 atom stereocenters. The molecule has 0 aromatic heterocycles. The van der Waals surface area contributed by atoms with E-state index >= 15 is 0 Å². The van der Waals surface area contributed by atoms with Crippen molar-refractivity contribution in [2.45, 2.75) is 62.6 Å². The topological polar surface area (TPSA) is 109 Å². The van der Waals surface area contributed by atoms with Gasteiger partial charge in [-0.2, -0.15) is 0 Å². The molecule has 41 heavy (non-hydrogen) atoms. The molecule has 2 bridgehead atoms. The fourth-order valence-corrected chi connectivity index (χ4v) is 5.23. The van der Waals surface area contributed by atoms with Crippen LogP contribution in [-0.4, -0.2) is 62.5 Å². The first-order valence-electron chi connectivity index (χ1n) is 14.3. The minimum atomic E-state index is -0.992. The Hall–Kier alpha value is -3.45. The zero-order chi connectivity index (χ0) is 29.2. The summed E-state index contributed by atoms with van der Waals surface area (Å²) in [6, 6.07) is 11.5. The van der Waals surface area contributed by atoms with Gasteiger partial charge in [0.25, 0.3) is 0 Å². The summed E-state index contributed by atoms with van der Waals surface area (Å²) in [5.41, 5.74) is 2.15. The Kier molecular flexibility index (Phi) is 10.7. The van der Waals surface area contributed by atoms with Crippen LogP contribution < -0.4 is 20.7 Å². The first-order valence-corrected chi connectivity index (χ1v) is 14.3. The Labute approximate surface area is 241 Å². The third-order valence-corrected chi connectivity index (χ3v) is 7.78. The molecule has 4 N–H and O–H groups in total. The van der Waals surface area contributed by atoms with E-state index in [9.17, 15) is 19.1 Å². The number of carbonyl (C=O) groups is 2. The number of aliphatic hydroxyl groups is 1. The summed E-state index contributed by atoms with van der Waals surface area (Å²) in [7, 11) is 1.50. The largest absolute Gasteiger partial charge is 0.493 e. The number of aliphatic hydroxyl groups excluding tert-OH is 1. The third-order valence-electron chi connectivity index (χ3n) is 7.78. The van der Waals surface area contributed by atoms with Gasteiger partial charge in [0, 0.05) is 43.8 Å². The first-order chi connectivity index (χ1) is 19.8. The van der Waals surface area contributed by atoms with Crippen molar-refractivity contribution in [1.82, 2.24) is 16.0 Å². The van der Waals surface area contributed by atoms with Crippen molar-refractivity contribution in [2.75, 3.05) is 33.4 Å². The van der Waals surface area contributed by atoms with Crippen molar-refractivity contribution < 1.29 is 28.6 Å². The van der Waals surface area contributed by atoms with E-state index in [0.29, 0.717) is 43.7 Å². The maximum atomic E-state index is 14.5. The lowest BCUT2D eigenvalue weighted by Gasteiger charge is -2.29. The second kappa shape index (κ2) is 14.4.